The number of hydrogen-bond donors (Lipinski definition) is 0. The van der Waals surface area contributed by atoms with Gasteiger partial charge in [-0.2, -0.15) is 0 Å². The van der Waals surface area contributed by atoms with E-state index in [4.69, 9.17) is 8.84 Å². The second kappa shape index (κ2) is 8.03. The lowest BCUT2D eigenvalue weighted by Gasteiger charge is -2.36. The largest absolute Gasteiger partial charge is 0.423 e. The molecular formula is C21H28O3Si. The van der Waals surface area contributed by atoms with Crippen LogP contribution in [0.4, 0.5) is 0 Å². The van der Waals surface area contributed by atoms with Crippen molar-refractivity contribution in [3.63, 3.8) is 0 Å². The van der Waals surface area contributed by atoms with Crippen LogP contribution in [0.1, 0.15) is 45.6 Å². The van der Waals surface area contributed by atoms with Gasteiger partial charge in [0.15, 0.2) is 8.32 Å². The second-order valence-corrected chi connectivity index (χ2v) is 12.6. The number of unbranched alkanes of at least 4 members (excludes halogenated alkanes) is 2. The van der Waals surface area contributed by atoms with Crippen molar-refractivity contribution in [2.75, 3.05) is 6.61 Å². The fourth-order valence-electron chi connectivity index (χ4n) is 2.22. The van der Waals surface area contributed by atoms with Gasteiger partial charge in [-0.05, 0) is 49.2 Å². The molecule has 0 amide bonds. The van der Waals surface area contributed by atoms with E-state index in [0.29, 0.717) is 5.58 Å². The van der Waals surface area contributed by atoms with Crippen LogP contribution in [-0.2, 0) is 4.43 Å². The van der Waals surface area contributed by atoms with Crippen LogP contribution in [0.2, 0.25) is 18.1 Å². The third kappa shape index (κ3) is 5.32. The highest BCUT2D eigenvalue weighted by molar-refractivity contribution is 6.74. The molecule has 0 fully saturated rings. The van der Waals surface area contributed by atoms with Gasteiger partial charge in [0.25, 0.3) is 0 Å². The first-order chi connectivity index (χ1) is 11.7. The predicted octanol–water partition coefficient (Wildman–Crippen LogP) is 5.34. The Bertz CT molecular complexity index is 832. The van der Waals surface area contributed by atoms with Crippen LogP contribution in [0.3, 0.4) is 0 Å². The molecule has 0 radical (unpaired) electrons. The highest BCUT2D eigenvalue weighted by Crippen LogP contribution is 2.36. The van der Waals surface area contributed by atoms with Crippen molar-refractivity contribution < 1.29 is 8.84 Å². The highest BCUT2D eigenvalue weighted by atomic mass is 28.4. The van der Waals surface area contributed by atoms with Crippen molar-refractivity contribution in [2.24, 2.45) is 0 Å². The molecule has 2 rings (SSSR count). The van der Waals surface area contributed by atoms with Crippen molar-refractivity contribution in [1.82, 2.24) is 0 Å². The molecule has 0 saturated carbocycles. The topological polar surface area (TPSA) is 39.4 Å². The lowest BCUT2D eigenvalue weighted by atomic mass is 10.1. The van der Waals surface area contributed by atoms with Gasteiger partial charge < -0.3 is 8.84 Å². The molecule has 0 aliphatic carbocycles. The lowest BCUT2D eigenvalue weighted by Crippen LogP contribution is -2.40. The van der Waals surface area contributed by atoms with E-state index in [1.54, 1.807) is 12.1 Å². The monoisotopic (exact) mass is 356 g/mol. The molecule has 134 valence electrons. The molecule has 2 aromatic rings. The maximum absolute atomic E-state index is 11.3. The summed E-state index contributed by atoms with van der Waals surface area (Å²) in [6.45, 7) is 12.2. The minimum absolute atomic E-state index is 0.260. The van der Waals surface area contributed by atoms with Crippen LogP contribution in [-0.4, -0.2) is 14.9 Å². The van der Waals surface area contributed by atoms with E-state index in [0.717, 1.165) is 36.8 Å². The number of fused-ring (bicyclic) bond motifs is 1. The average molecular weight is 357 g/mol. The first-order valence-corrected chi connectivity index (χ1v) is 11.8. The van der Waals surface area contributed by atoms with Crippen molar-refractivity contribution >= 4 is 19.3 Å². The van der Waals surface area contributed by atoms with Crippen molar-refractivity contribution in [2.45, 2.75) is 58.2 Å². The summed E-state index contributed by atoms with van der Waals surface area (Å²) in [5, 5.41) is 1.15. The zero-order chi connectivity index (χ0) is 18.5. The molecule has 3 nitrogen and oxygen atoms in total. The van der Waals surface area contributed by atoms with E-state index in [1.807, 2.05) is 12.1 Å². The summed E-state index contributed by atoms with van der Waals surface area (Å²) in [5.41, 5.74) is 1.15. The van der Waals surface area contributed by atoms with E-state index < -0.39 is 8.32 Å². The fraction of sp³-hybridized carbons (Fsp3) is 0.476. The lowest BCUT2D eigenvalue weighted by molar-refractivity contribution is 0.280. The minimum atomic E-state index is -1.63. The maximum Gasteiger partial charge on any atom is 0.336 e. The standard InChI is InChI=1S/C21H28O3Si/c1-21(2,3)25(4,5)23-16-9-7-6-8-11-17-12-10-13-19-18(17)14-15-20(22)24-19/h10,12-15H,6-7,9,16H2,1-5H3. The molecule has 0 spiro atoms. The van der Waals surface area contributed by atoms with Gasteiger partial charge in [0.1, 0.15) is 5.58 Å². The first kappa shape index (κ1) is 19.5. The Morgan fingerprint density at radius 2 is 1.88 bits per heavy atom. The zero-order valence-electron chi connectivity index (χ0n) is 15.9. The zero-order valence-corrected chi connectivity index (χ0v) is 16.9. The Balaban J connectivity index is 1.85. The van der Waals surface area contributed by atoms with Gasteiger partial charge >= 0.3 is 5.63 Å². The molecule has 0 bridgehead atoms. The van der Waals surface area contributed by atoms with E-state index >= 15 is 0 Å². The van der Waals surface area contributed by atoms with Crippen molar-refractivity contribution in [3.05, 3.63) is 46.3 Å². The van der Waals surface area contributed by atoms with Crippen molar-refractivity contribution in [3.8, 4) is 11.8 Å². The van der Waals surface area contributed by atoms with Crippen LogP contribution in [0, 0.1) is 11.8 Å². The van der Waals surface area contributed by atoms with E-state index in [1.165, 1.54) is 6.07 Å². The van der Waals surface area contributed by atoms with Gasteiger partial charge in [-0.25, -0.2) is 4.79 Å². The normalized spacial score (nSPS) is 12.0. The van der Waals surface area contributed by atoms with Crippen molar-refractivity contribution in [1.29, 1.82) is 0 Å². The molecule has 0 aliphatic rings. The minimum Gasteiger partial charge on any atom is -0.423 e. The molecule has 1 heterocycles. The van der Waals surface area contributed by atoms with Gasteiger partial charge in [-0.15, -0.1) is 0 Å². The van der Waals surface area contributed by atoms with E-state index in [-0.39, 0.29) is 10.7 Å². The van der Waals surface area contributed by atoms with Gasteiger partial charge in [0.05, 0.1) is 0 Å². The third-order valence-corrected chi connectivity index (χ3v) is 9.39. The molecule has 1 aromatic carbocycles. The summed E-state index contributed by atoms with van der Waals surface area (Å²) in [6.07, 6.45) is 2.90. The van der Waals surface area contributed by atoms with Gasteiger partial charge in [-0.1, -0.05) is 38.7 Å². The summed E-state index contributed by atoms with van der Waals surface area (Å²) in [4.78, 5) is 11.3. The fourth-order valence-corrected chi connectivity index (χ4v) is 3.31. The van der Waals surface area contributed by atoms with E-state index in [9.17, 15) is 4.79 Å². The predicted molar refractivity (Wildman–Crippen MR) is 106 cm³/mol. The van der Waals surface area contributed by atoms with Crippen LogP contribution in [0.25, 0.3) is 11.0 Å². The van der Waals surface area contributed by atoms with Crippen LogP contribution >= 0.6 is 0 Å². The van der Waals surface area contributed by atoms with Gasteiger partial charge in [-0.3, -0.25) is 0 Å². The Hall–Kier alpha value is -1.83. The number of rotatable bonds is 5. The Morgan fingerprint density at radius 1 is 1.12 bits per heavy atom. The SMILES string of the molecule is CC(C)(C)[Si](C)(C)OCCCCC#Cc1cccc2oc(=O)ccc12. The summed E-state index contributed by atoms with van der Waals surface area (Å²) < 4.78 is 11.4. The summed E-state index contributed by atoms with van der Waals surface area (Å²) in [6, 6.07) is 8.82. The Morgan fingerprint density at radius 3 is 2.60 bits per heavy atom. The maximum atomic E-state index is 11.3. The third-order valence-electron chi connectivity index (χ3n) is 4.85. The molecule has 0 N–H and O–H groups in total. The van der Waals surface area contributed by atoms with E-state index in [2.05, 4.69) is 45.7 Å². The molecule has 0 saturated heterocycles. The van der Waals surface area contributed by atoms with Gasteiger partial charge in [0.2, 0.25) is 0 Å². The summed E-state index contributed by atoms with van der Waals surface area (Å²) >= 11 is 0. The van der Waals surface area contributed by atoms with Crippen LogP contribution in [0.5, 0.6) is 0 Å². The van der Waals surface area contributed by atoms with Gasteiger partial charge in [0, 0.05) is 30.0 Å². The molecule has 25 heavy (non-hydrogen) atoms. The van der Waals surface area contributed by atoms with Crippen LogP contribution in [0.15, 0.2) is 39.5 Å². The smallest absolute Gasteiger partial charge is 0.336 e. The number of benzene rings is 1. The summed E-state index contributed by atoms with van der Waals surface area (Å²) in [5.74, 6) is 6.42. The number of hydrogen-bond acceptors (Lipinski definition) is 3. The van der Waals surface area contributed by atoms with Crippen LogP contribution < -0.4 is 5.63 Å². The molecule has 4 heteroatoms. The highest BCUT2D eigenvalue weighted by Gasteiger charge is 2.36. The second-order valence-electron chi connectivity index (χ2n) is 7.84. The molecule has 0 unspecified atom stereocenters. The Kier molecular flexibility index (Phi) is 6.26. The molecule has 0 atom stereocenters. The quantitative estimate of drug-likeness (QED) is 0.314. The summed E-state index contributed by atoms with van der Waals surface area (Å²) in [7, 11) is -1.63. The first-order valence-electron chi connectivity index (χ1n) is 8.86. The average Bonchev–Trinajstić information content (AvgIpc) is 2.52. The molecule has 0 aliphatic heterocycles. The molecular weight excluding hydrogens is 328 g/mol. The molecule has 1 aromatic heterocycles. The Labute approximate surface area is 151 Å².